The molecule has 0 radical (unpaired) electrons. The highest BCUT2D eigenvalue weighted by Crippen LogP contribution is 2.14. The van der Waals surface area contributed by atoms with Gasteiger partial charge in [0.25, 0.3) is 0 Å². The van der Waals surface area contributed by atoms with Crippen molar-refractivity contribution in [2.24, 2.45) is 7.05 Å². The summed E-state index contributed by atoms with van der Waals surface area (Å²) in [7, 11) is 1.79. The van der Waals surface area contributed by atoms with Crippen molar-refractivity contribution in [2.75, 3.05) is 11.9 Å². The Hall–Kier alpha value is -1.92. The first-order valence-corrected chi connectivity index (χ1v) is 6.12. The molecule has 2 N–H and O–H groups in total. The first-order chi connectivity index (χ1) is 9.13. The summed E-state index contributed by atoms with van der Waals surface area (Å²) in [5.41, 5.74) is 0.676. The maximum atomic E-state index is 11.7. The fourth-order valence-corrected chi connectivity index (χ4v) is 1.71. The quantitative estimate of drug-likeness (QED) is 0.863. The van der Waals surface area contributed by atoms with Gasteiger partial charge in [0, 0.05) is 17.8 Å². The Morgan fingerprint density at radius 2 is 2.32 bits per heavy atom. The van der Waals surface area contributed by atoms with Gasteiger partial charge in [-0.25, -0.2) is 4.98 Å². The van der Waals surface area contributed by atoms with Gasteiger partial charge in [0.1, 0.15) is 6.33 Å². The van der Waals surface area contributed by atoms with Crippen molar-refractivity contribution in [1.29, 1.82) is 0 Å². The van der Waals surface area contributed by atoms with Crippen LogP contribution in [0.15, 0.2) is 30.6 Å². The first-order valence-electron chi connectivity index (χ1n) is 5.74. The van der Waals surface area contributed by atoms with Gasteiger partial charge >= 0.3 is 0 Å². The zero-order valence-electron chi connectivity index (χ0n) is 10.4. The number of hydrogen-bond acceptors (Lipinski definition) is 4. The van der Waals surface area contributed by atoms with Crippen molar-refractivity contribution in [3.8, 4) is 0 Å². The molecule has 0 fully saturated rings. The molecule has 1 aromatic carbocycles. The molecule has 19 heavy (non-hydrogen) atoms. The molecule has 0 aliphatic carbocycles. The third-order valence-corrected chi connectivity index (χ3v) is 2.56. The molecular formula is C12H14ClN5O. The van der Waals surface area contributed by atoms with Crippen molar-refractivity contribution < 1.29 is 4.79 Å². The van der Waals surface area contributed by atoms with Crippen molar-refractivity contribution in [3.05, 3.63) is 41.4 Å². The highest BCUT2D eigenvalue weighted by Gasteiger charge is 2.03. The number of amides is 1. The van der Waals surface area contributed by atoms with E-state index in [4.69, 9.17) is 11.6 Å². The molecule has 0 bridgehead atoms. The van der Waals surface area contributed by atoms with E-state index >= 15 is 0 Å². The minimum atomic E-state index is -0.141. The third-order valence-electron chi connectivity index (χ3n) is 2.32. The Balaban J connectivity index is 1.76. The Labute approximate surface area is 115 Å². The van der Waals surface area contributed by atoms with Gasteiger partial charge in [-0.15, -0.1) is 0 Å². The summed E-state index contributed by atoms with van der Waals surface area (Å²) in [6, 6.07) is 7.01. The van der Waals surface area contributed by atoms with Crippen LogP contribution in [0.25, 0.3) is 0 Å². The molecule has 100 valence electrons. The minimum absolute atomic E-state index is 0.141. The van der Waals surface area contributed by atoms with Gasteiger partial charge in [-0.3, -0.25) is 9.48 Å². The van der Waals surface area contributed by atoms with Crippen LogP contribution < -0.4 is 10.6 Å². The van der Waals surface area contributed by atoms with E-state index in [2.05, 4.69) is 20.7 Å². The fraction of sp³-hybridized carbons (Fsp3) is 0.250. The standard InChI is InChI=1S/C12H14ClN5O/c1-18-8-15-11(17-18)6-14-7-12(19)16-10-4-2-3-9(13)5-10/h2-5,8,14H,6-7H2,1H3,(H,16,19). The minimum Gasteiger partial charge on any atom is -0.325 e. The number of halogens is 1. The lowest BCUT2D eigenvalue weighted by atomic mass is 10.3. The van der Waals surface area contributed by atoms with Gasteiger partial charge in [-0.05, 0) is 18.2 Å². The van der Waals surface area contributed by atoms with Crippen LogP contribution in [0.4, 0.5) is 5.69 Å². The number of rotatable bonds is 5. The molecule has 2 aromatic rings. The second-order valence-electron chi connectivity index (χ2n) is 4.00. The lowest BCUT2D eigenvalue weighted by molar-refractivity contribution is -0.115. The van der Waals surface area contributed by atoms with Gasteiger partial charge in [-0.1, -0.05) is 17.7 Å². The number of aromatic nitrogens is 3. The maximum Gasteiger partial charge on any atom is 0.238 e. The van der Waals surface area contributed by atoms with E-state index in [1.165, 1.54) is 0 Å². The van der Waals surface area contributed by atoms with Crippen LogP contribution in [0.1, 0.15) is 5.82 Å². The van der Waals surface area contributed by atoms with E-state index in [1.54, 1.807) is 42.3 Å². The summed E-state index contributed by atoms with van der Waals surface area (Å²) in [6.45, 7) is 0.634. The van der Waals surface area contributed by atoms with Gasteiger partial charge in [0.2, 0.25) is 5.91 Å². The average molecular weight is 280 g/mol. The molecule has 0 saturated carbocycles. The Kier molecular flexibility index (Phi) is 4.48. The van der Waals surface area contributed by atoms with Crippen molar-refractivity contribution in [3.63, 3.8) is 0 Å². The van der Waals surface area contributed by atoms with Crippen molar-refractivity contribution >= 4 is 23.2 Å². The number of nitrogens with zero attached hydrogens (tertiary/aromatic N) is 3. The highest BCUT2D eigenvalue weighted by atomic mass is 35.5. The van der Waals surface area contributed by atoms with Crippen LogP contribution >= 0.6 is 11.6 Å². The van der Waals surface area contributed by atoms with Crippen LogP contribution in [0.5, 0.6) is 0 Å². The molecule has 0 spiro atoms. The summed E-state index contributed by atoms with van der Waals surface area (Å²) < 4.78 is 1.61. The van der Waals surface area contributed by atoms with E-state index in [0.717, 1.165) is 0 Å². The van der Waals surface area contributed by atoms with Gasteiger partial charge in [0.05, 0.1) is 13.1 Å². The highest BCUT2D eigenvalue weighted by molar-refractivity contribution is 6.30. The van der Waals surface area contributed by atoms with E-state index in [0.29, 0.717) is 23.1 Å². The predicted molar refractivity (Wildman–Crippen MR) is 72.8 cm³/mol. The SMILES string of the molecule is Cn1cnc(CNCC(=O)Nc2cccc(Cl)c2)n1. The molecule has 1 amide bonds. The van der Waals surface area contributed by atoms with Gasteiger partial charge in [0.15, 0.2) is 5.82 Å². The molecule has 0 aliphatic heterocycles. The van der Waals surface area contributed by atoms with E-state index in [-0.39, 0.29) is 12.5 Å². The number of nitrogens with one attached hydrogen (secondary N) is 2. The van der Waals surface area contributed by atoms with E-state index in [9.17, 15) is 4.79 Å². The normalized spacial score (nSPS) is 10.4. The molecule has 6 nitrogen and oxygen atoms in total. The van der Waals surface area contributed by atoms with Crippen LogP contribution in [0.2, 0.25) is 5.02 Å². The second-order valence-corrected chi connectivity index (χ2v) is 4.43. The van der Waals surface area contributed by atoms with Crippen molar-refractivity contribution in [2.45, 2.75) is 6.54 Å². The number of aryl methyl sites for hydroxylation is 1. The molecular weight excluding hydrogens is 266 g/mol. The molecule has 1 aromatic heterocycles. The monoisotopic (exact) mass is 279 g/mol. The van der Waals surface area contributed by atoms with Crippen LogP contribution in [-0.2, 0) is 18.4 Å². The van der Waals surface area contributed by atoms with E-state index in [1.807, 2.05) is 0 Å². The molecule has 7 heteroatoms. The summed E-state index contributed by atoms with van der Waals surface area (Å²) in [5, 5.41) is 10.4. The fourth-order valence-electron chi connectivity index (χ4n) is 1.52. The lowest BCUT2D eigenvalue weighted by Gasteiger charge is -2.05. The van der Waals surface area contributed by atoms with Gasteiger partial charge in [-0.2, -0.15) is 5.10 Å². The zero-order valence-corrected chi connectivity index (χ0v) is 11.2. The first kappa shape index (κ1) is 13.5. The maximum absolute atomic E-state index is 11.7. The Morgan fingerprint density at radius 1 is 1.47 bits per heavy atom. The summed E-state index contributed by atoms with van der Waals surface area (Å²) >= 11 is 5.83. The molecule has 0 atom stereocenters. The number of carbonyl (C=O) groups excluding carboxylic acids is 1. The third kappa shape index (κ3) is 4.35. The molecule has 2 rings (SSSR count). The van der Waals surface area contributed by atoms with Crippen LogP contribution in [-0.4, -0.2) is 27.2 Å². The Morgan fingerprint density at radius 3 is 3.00 bits per heavy atom. The average Bonchev–Trinajstić information content (AvgIpc) is 2.75. The number of carbonyl (C=O) groups is 1. The van der Waals surface area contributed by atoms with Crippen LogP contribution in [0.3, 0.4) is 0 Å². The number of hydrogen-bond donors (Lipinski definition) is 2. The second kappa shape index (κ2) is 6.31. The zero-order chi connectivity index (χ0) is 13.7. The van der Waals surface area contributed by atoms with E-state index < -0.39 is 0 Å². The summed E-state index contributed by atoms with van der Waals surface area (Å²) in [5.74, 6) is 0.510. The molecule has 0 aliphatic rings. The predicted octanol–water partition coefficient (Wildman–Crippen LogP) is 1.20. The molecule has 0 saturated heterocycles. The largest absolute Gasteiger partial charge is 0.325 e. The van der Waals surface area contributed by atoms with Gasteiger partial charge < -0.3 is 10.6 Å². The summed E-state index contributed by atoms with van der Waals surface area (Å²) in [6.07, 6.45) is 1.61. The molecule has 0 unspecified atom stereocenters. The topological polar surface area (TPSA) is 71.8 Å². The number of anilines is 1. The van der Waals surface area contributed by atoms with Crippen LogP contribution in [0, 0.1) is 0 Å². The smallest absolute Gasteiger partial charge is 0.238 e. The summed E-state index contributed by atoms with van der Waals surface area (Å²) in [4.78, 5) is 15.7. The molecule has 1 heterocycles. The van der Waals surface area contributed by atoms with Crippen molar-refractivity contribution in [1.82, 2.24) is 20.1 Å². The number of benzene rings is 1. The lowest BCUT2D eigenvalue weighted by Crippen LogP contribution is -2.28. The Bertz CT molecular complexity index is 569.